The van der Waals surface area contributed by atoms with Crippen LogP contribution in [0.4, 0.5) is 5.82 Å². The van der Waals surface area contributed by atoms with E-state index in [0.717, 1.165) is 44.2 Å². The third kappa shape index (κ3) is 4.49. The third-order valence-corrected chi connectivity index (χ3v) is 6.20. The van der Waals surface area contributed by atoms with Crippen molar-refractivity contribution < 1.29 is 9.47 Å². The Morgan fingerprint density at radius 3 is 2.36 bits per heavy atom. The van der Waals surface area contributed by atoms with E-state index < -0.39 is 0 Å². The van der Waals surface area contributed by atoms with Crippen molar-refractivity contribution in [3.63, 3.8) is 0 Å². The number of methoxy groups -OCH3 is 2. The zero-order chi connectivity index (χ0) is 22.6. The highest BCUT2D eigenvalue weighted by molar-refractivity contribution is 7.13. The van der Waals surface area contributed by atoms with Crippen LogP contribution in [0.25, 0.3) is 32.9 Å². The minimum atomic E-state index is 0.669. The van der Waals surface area contributed by atoms with E-state index in [0.29, 0.717) is 18.0 Å². The molecular formula is C26H22N4O2S. The van der Waals surface area contributed by atoms with Crippen molar-refractivity contribution in [2.45, 2.75) is 6.54 Å². The summed E-state index contributed by atoms with van der Waals surface area (Å²) in [5.41, 5.74) is 5.92. The van der Waals surface area contributed by atoms with Gasteiger partial charge in [-0.2, -0.15) is 0 Å². The standard InChI is InChI=1S/C26H22N4O2S/c1-31-23-12-11-19(13-24(23)32-2)22-16-33-26(30-22)18-9-7-17(8-10-18)14-28-25-15-27-20-5-3-4-6-21(20)29-25/h3-13,15-16H,14H2,1-2H3,(H,28,29). The molecule has 0 saturated carbocycles. The molecule has 3 aromatic carbocycles. The van der Waals surface area contributed by atoms with Gasteiger partial charge in [-0.05, 0) is 35.9 Å². The molecule has 0 unspecified atom stereocenters. The van der Waals surface area contributed by atoms with Gasteiger partial charge in [-0.1, -0.05) is 36.4 Å². The molecule has 0 radical (unpaired) electrons. The first-order chi connectivity index (χ1) is 16.2. The minimum Gasteiger partial charge on any atom is -0.493 e. The van der Waals surface area contributed by atoms with Crippen molar-refractivity contribution in [3.05, 3.63) is 83.9 Å². The number of rotatable bonds is 7. The maximum absolute atomic E-state index is 5.42. The summed E-state index contributed by atoms with van der Waals surface area (Å²) in [6.45, 7) is 0.669. The molecule has 5 aromatic rings. The van der Waals surface area contributed by atoms with Crippen LogP contribution in [-0.2, 0) is 6.54 Å². The lowest BCUT2D eigenvalue weighted by Crippen LogP contribution is -2.02. The Morgan fingerprint density at radius 1 is 0.818 bits per heavy atom. The number of hydrogen-bond donors (Lipinski definition) is 1. The molecule has 2 aromatic heterocycles. The molecule has 33 heavy (non-hydrogen) atoms. The summed E-state index contributed by atoms with van der Waals surface area (Å²) in [5, 5.41) is 6.38. The summed E-state index contributed by atoms with van der Waals surface area (Å²) in [5.74, 6) is 2.16. The number of thiazole rings is 1. The first-order valence-corrected chi connectivity index (χ1v) is 11.3. The summed E-state index contributed by atoms with van der Waals surface area (Å²) < 4.78 is 10.7. The van der Waals surface area contributed by atoms with Crippen LogP contribution >= 0.6 is 11.3 Å². The van der Waals surface area contributed by atoms with Gasteiger partial charge in [-0.15, -0.1) is 11.3 Å². The van der Waals surface area contributed by atoms with E-state index in [4.69, 9.17) is 14.5 Å². The second-order valence-corrected chi connectivity index (χ2v) is 8.26. The number of hydrogen-bond acceptors (Lipinski definition) is 7. The molecule has 0 aliphatic heterocycles. The molecule has 7 heteroatoms. The van der Waals surface area contributed by atoms with Gasteiger partial charge in [-0.3, -0.25) is 4.98 Å². The first kappa shape index (κ1) is 20.9. The Balaban J connectivity index is 1.28. The van der Waals surface area contributed by atoms with Gasteiger partial charge in [-0.25, -0.2) is 9.97 Å². The number of fused-ring (bicyclic) bond motifs is 1. The van der Waals surface area contributed by atoms with Crippen molar-refractivity contribution in [2.24, 2.45) is 0 Å². The number of aromatic nitrogens is 3. The monoisotopic (exact) mass is 454 g/mol. The Labute approximate surface area is 195 Å². The summed E-state index contributed by atoms with van der Waals surface area (Å²) in [7, 11) is 3.27. The van der Waals surface area contributed by atoms with Gasteiger partial charge in [0.05, 0.1) is 37.1 Å². The molecule has 164 valence electrons. The average molecular weight is 455 g/mol. The Bertz CT molecular complexity index is 1400. The second-order valence-electron chi connectivity index (χ2n) is 7.40. The van der Waals surface area contributed by atoms with Gasteiger partial charge in [0.1, 0.15) is 10.8 Å². The number of nitrogens with zero attached hydrogens (tertiary/aromatic N) is 3. The minimum absolute atomic E-state index is 0.669. The lowest BCUT2D eigenvalue weighted by Gasteiger charge is -2.08. The van der Waals surface area contributed by atoms with Crippen LogP contribution in [0.2, 0.25) is 0 Å². The molecule has 0 bridgehead atoms. The van der Waals surface area contributed by atoms with E-state index in [1.165, 1.54) is 0 Å². The average Bonchev–Trinajstić information content (AvgIpc) is 3.37. The van der Waals surface area contributed by atoms with Gasteiger partial charge in [0, 0.05) is 23.1 Å². The molecule has 0 aliphatic carbocycles. The van der Waals surface area contributed by atoms with Crippen molar-refractivity contribution >= 4 is 28.2 Å². The van der Waals surface area contributed by atoms with Crippen LogP contribution in [0.5, 0.6) is 11.5 Å². The van der Waals surface area contributed by atoms with Crippen molar-refractivity contribution in [1.29, 1.82) is 0 Å². The summed E-state index contributed by atoms with van der Waals surface area (Å²) in [6.07, 6.45) is 1.77. The molecule has 5 rings (SSSR count). The van der Waals surface area contributed by atoms with Crippen molar-refractivity contribution in [2.75, 3.05) is 19.5 Å². The van der Waals surface area contributed by atoms with Crippen molar-refractivity contribution in [3.8, 4) is 33.3 Å². The van der Waals surface area contributed by atoms with Gasteiger partial charge < -0.3 is 14.8 Å². The van der Waals surface area contributed by atoms with E-state index in [1.807, 2.05) is 42.5 Å². The Kier molecular flexibility index (Phi) is 5.87. The van der Waals surface area contributed by atoms with Gasteiger partial charge in [0.15, 0.2) is 11.5 Å². The lowest BCUT2D eigenvalue weighted by molar-refractivity contribution is 0.355. The van der Waals surface area contributed by atoms with E-state index in [1.54, 1.807) is 31.8 Å². The highest BCUT2D eigenvalue weighted by Gasteiger charge is 2.10. The zero-order valence-corrected chi connectivity index (χ0v) is 19.1. The second kappa shape index (κ2) is 9.26. The summed E-state index contributed by atoms with van der Waals surface area (Å²) >= 11 is 1.62. The van der Waals surface area contributed by atoms with Crippen LogP contribution in [0.15, 0.2) is 78.3 Å². The van der Waals surface area contributed by atoms with Gasteiger partial charge in [0.25, 0.3) is 0 Å². The Hall–Kier alpha value is -3.97. The van der Waals surface area contributed by atoms with E-state index >= 15 is 0 Å². The molecule has 0 spiro atoms. The van der Waals surface area contributed by atoms with Crippen LogP contribution < -0.4 is 14.8 Å². The SMILES string of the molecule is COc1ccc(-c2csc(-c3ccc(CNc4cnc5ccccc5n4)cc3)n2)cc1OC. The van der Waals surface area contributed by atoms with Crippen LogP contribution in [0, 0.1) is 0 Å². The van der Waals surface area contributed by atoms with Crippen LogP contribution in [-0.4, -0.2) is 29.2 Å². The smallest absolute Gasteiger partial charge is 0.161 e. The normalized spacial score (nSPS) is 10.8. The number of para-hydroxylation sites is 2. The fourth-order valence-corrected chi connectivity index (χ4v) is 4.37. The van der Waals surface area contributed by atoms with E-state index in [9.17, 15) is 0 Å². The quantitative estimate of drug-likeness (QED) is 0.323. The lowest BCUT2D eigenvalue weighted by atomic mass is 10.1. The van der Waals surface area contributed by atoms with Crippen LogP contribution in [0.1, 0.15) is 5.56 Å². The molecule has 1 N–H and O–H groups in total. The number of benzene rings is 3. The van der Waals surface area contributed by atoms with Crippen molar-refractivity contribution in [1.82, 2.24) is 15.0 Å². The molecule has 0 amide bonds. The highest BCUT2D eigenvalue weighted by atomic mass is 32.1. The third-order valence-electron chi connectivity index (χ3n) is 5.31. The summed E-state index contributed by atoms with van der Waals surface area (Å²) in [6, 6.07) is 22.1. The van der Waals surface area contributed by atoms with Gasteiger partial charge in [0.2, 0.25) is 0 Å². The fraction of sp³-hybridized carbons (Fsp3) is 0.115. The molecule has 6 nitrogen and oxygen atoms in total. The van der Waals surface area contributed by atoms with Crippen LogP contribution in [0.3, 0.4) is 0 Å². The molecular weight excluding hydrogens is 432 g/mol. The Morgan fingerprint density at radius 2 is 1.58 bits per heavy atom. The highest BCUT2D eigenvalue weighted by Crippen LogP contribution is 2.34. The topological polar surface area (TPSA) is 69.2 Å². The maximum Gasteiger partial charge on any atom is 0.161 e. The first-order valence-electron chi connectivity index (χ1n) is 10.5. The molecule has 0 fully saturated rings. The molecule has 0 saturated heterocycles. The molecule has 0 aliphatic rings. The zero-order valence-electron chi connectivity index (χ0n) is 18.3. The molecule has 2 heterocycles. The number of ether oxygens (including phenoxy) is 2. The number of nitrogens with one attached hydrogen (secondary N) is 1. The van der Waals surface area contributed by atoms with E-state index in [-0.39, 0.29) is 0 Å². The van der Waals surface area contributed by atoms with E-state index in [2.05, 4.69) is 44.9 Å². The largest absolute Gasteiger partial charge is 0.493 e. The number of anilines is 1. The molecule has 0 atom stereocenters. The maximum atomic E-state index is 5.42. The predicted molar refractivity (Wildman–Crippen MR) is 133 cm³/mol. The fourth-order valence-electron chi connectivity index (χ4n) is 3.53. The predicted octanol–water partition coefficient (Wildman–Crippen LogP) is 6.05. The van der Waals surface area contributed by atoms with Gasteiger partial charge >= 0.3 is 0 Å². The summed E-state index contributed by atoms with van der Waals surface area (Å²) in [4.78, 5) is 13.9.